The maximum absolute atomic E-state index is 14.8. The van der Waals surface area contributed by atoms with Crippen molar-refractivity contribution in [2.24, 2.45) is 0 Å². The standard InChI is InChI=1S/C23H22ClFN6O2/c1-2-31-20-8-16(29-17-12-32-13-17)7-19(25)21(20)30-22(31)26-9-14-3-5-18(6-4-14)33-23-27-10-15(24)11-28-23/h3-8,10-11,17,29H,2,9,12-13H2,1H3,(H,26,30). The average Bonchev–Trinajstić information content (AvgIpc) is 3.15. The first kappa shape index (κ1) is 21.4. The second-order valence-electron chi connectivity index (χ2n) is 7.67. The van der Waals surface area contributed by atoms with Crippen molar-refractivity contribution in [3.05, 3.63) is 65.2 Å². The molecule has 170 valence electrons. The van der Waals surface area contributed by atoms with Crippen molar-refractivity contribution in [1.29, 1.82) is 0 Å². The Morgan fingerprint density at radius 2 is 1.94 bits per heavy atom. The normalized spacial score (nSPS) is 13.7. The Hall–Kier alpha value is -3.43. The zero-order valence-electron chi connectivity index (χ0n) is 17.9. The van der Waals surface area contributed by atoms with Crippen LogP contribution in [0.25, 0.3) is 11.0 Å². The Morgan fingerprint density at radius 1 is 1.18 bits per heavy atom. The fourth-order valence-corrected chi connectivity index (χ4v) is 3.69. The zero-order chi connectivity index (χ0) is 22.8. The number of rotatable bonds is 8. The molecule has 0 amide bonds. The number of aryl methyl sites for hydroxylation is 1. The topological polar surface area (TPSA) is 86.1 Å². The molecule has 1 saturated heterocycles. The number of hydrogen-bond acceptors (Lipinski definition) is 7. The first-order valence-corrected chi connectivity index (χ1v) is 11.0. The van der Waals surface area contributed by atoms with Crippen molar-refractivity contribution in [1.82, 2.24) is 19.5 Å². The predicted octanol–water partition coefficient (Wildman–Crippen LogP) is 4.85. The van der Waals surface area contributed by atoms with Crippen LogP contribution in [0.4, 0.5) is 16.0 Å². The lowest BCUT2D eigenvalue weighted by molar-refractivity contribution is 0.0211. The van der Waals surface area contributed by atoms with Gasteiger partial charge in [0.2, 0.25) is 5.95 Å². The number of imidazole rings is 1. The molecule has 0 aliphatic carbocycles. The van der Waals surface area contributed by atoms with E-state index in [1.54, 1.807) is 0 Å². The van der Waals surface area contributed by atoms with Gasteiger partial charge in [-0.2, -0.15) is 0 Å². The maximum Gasteiger partial charge on any atom is 0.321 e. The van der Waals surface area contributed by atoms with E-state index >= 15 is 0 Å². The molecule has 2 aromatic carbocycles. The second kappa shape index (κ2) is 9.21. The second-order valence-corrected chi connectivity index (χ2v) is 8.10. The number of fused-ring (bicyclic) bond motifs is 1. The monoisotopic (exact) mass is 468 g/mol. The van der Waals surface area contributed by atoms with E-state index in [4.69, 9.17) is 21.1 Å². The van der Waals surface area contributed by atoms with Gasteiger partial charge in [-0.15, -0.1) is 0 Å². The minimum absolute atomic E-state index is 0.218. The largest absolute Gasteiger partial charge is 0.424 e. The Morgan fingerprint density at radius 3 is 2.61 bits per heavy atom. The molecule has 0 bridgehead atoms. The SMILES string of the molecule is CCn1c(NCc2ccc(Oc3ncc(Cl)cn3)cc2)nc2c(F)cc(NC3COC3)cc21. The van der Waals surface area contributed by atoms with Gasteiger partial charge < -0.3 is 24.7 Å². The van der Waals surface area contributed by atoms with E-state index in [-0.39, 0.29) is 17.9 Å². The fraction of sp³-hybridized carbons (Fsp3) is 0.261. The highest BCUT2D eigenvalue weighted by Gasteiger charge is 2.20. The van der Waals surface area contributed by atoms with Crippen LogP contribution in [0.1, 0.15) is 12.5 Å². The Bertz CT molecular complexity index is 1260. The molecule has 2 N–H and O–H groups in total. The molecule has 1 fully saturated rings. The first-order chi connectivity index (χ1) is 16.1. The van der Waals surface area contributed by atoms with Crippen molar-refractivity contribution in [2.45, 2.75) is 26.1 Å². The predicted molar refractivity (Wildman–Crippen MR) is 124 cm³/mol. The lowest BCUT2D eigenvalue weighted by atomic mass is 10.2. The third-order valence-electron chi connectivity index (χ3n) is 5.31. The average molecular weight is 469 g/mol. The Kier molecular flexibility index (Phi) is 5.97. The molecule has 1 aliphatic heterocycles. The van der Waals surface area contributed by atoms with Crippen LogP contribution >= 0.6 is 11.6 Å². The molecule has 5 rings (SSSR count). The first-order valence-electron chi connectivity index (χ1n) is 10.6. The van der Waals surface area contributed by atoms with E-state index in [1.807, 2.05) is 41.8 Å². The molecule has 2 aromatic heterocycles. The fourth-order valence-electron chi connectivity index (χ4n) is 3.59. The molecular formula is C23H22ClFN6O2. The van der Waals surface area contributed by atoms with Gasteiger partial charge in [-0.25, -0.2) is 19.3 Å². The van der Waals surface area contributed by atoms with Crippen molar-refractivity contribution in [2.75, 3.05) is 23.8 Å². The number of halogens is 2. The number of hydrogen-bond donors (Lipinski definition) is 2. The van der Waals surface area contributed by atoms with Crippen molar-refractivity contribution < 1.29 is 13.9 Å². The van der Waals surface area contributed by atoms with E-state index in [0.29, 0.717) is 48.5 Å². The summed E-state index contributed by atoms with van der Waals surface area (Å²) < 4.78 is 27.5. The molecule has 3 heterocycles. The van der Waals surface area contributed by atoms with Crippen LogP contribution in [0.15, 0.2) is 48.8 Å². The molecule has 0 unspecified atom stereocenters. The molecule has 33 heavy (non-hydrogen) atoms. The summed E-state index contributed by atoms with van der Waals surface area (Å²) in [5.41, 5.74) is 2.84. The van der Waals surface area contributed by atoms with Gasteiger partial charge in [-0.05, 0) is 36.8 Å². The molecule has 8 nitrogen and oxygen atoms in total. The summed E-state index contributed by atoms with van der Waals surface area (Å²) in [6.07, 6.45) is 2.96. The summed E-state index contributed by atoms with van der Waals surface area (Å²) in [5, 5.41) is 7.07. The molecule has 1 aliphatic rings. The maximum atomic E-state index is 14.8. The minimum atomic E-state index is -0.351. The van der Waals surface area contributed by atoms with Gasteiger partial charge in [0.1, 0.15) is 11.3 Å². The van der Waals surface area contributed by atoms with Crippen LogP contribution in [0.5, 0.6) is 11.8 Å². The van der Waals surface area contributed by atoms with Crippen LogP contribution < -0.4 is 15.4 Å². The summed E-state index contributed by atoms with van der Waals surface area (Å²) in [6.45, 7) is 4.45. The van der Waals surface area contributed by atoms with Gasteiger partial charge in [0.25, 0.3) is 0 Å². The van der Waals surface area contributed by atoms with Gasteiger partial charge in [0, 0.05) is 18.8 Å². The molecule has 0 spiro atoms. The molecule has 10 heteroatoms. The van der Waals surface area contributed by atoms with E-state index < -0.39 is 0 Å². The van der Waals surface area contributed by atoms with E-state index in [0.717, 1.165) is 16.8 Å². The summed E-state index contributed by atoms with van der Waals surface area (Å²) in [7, 11) is 0. The Balaban J connectivity index is 1.29. The van der Waals surface area contributed by atoms with Gasteiger partial charge in [0.05, 0.1) is 42.2 Å². The highest BCUT2D eigenvalue weighted by Crippen LogP contribution is 2.28. The van der Waals surface area contributed by atoms with Gasteiger partial charge >= 0.3 is 6.01 Å². The van der Waals surface area contributed by atoms with E-state index in [9.17, 15) is 4.39 Å². The Labute approximate surface area is 194 Å². The summed E-state index contributed by atoms with van der Waals surface area (Å²) in [5.74, 6) is 0.877. The highest BCUT2D eigenvalue weighted by atomic mass is 35.5. The smallest absolute Gasteiger partial charge is 0.321 e. The number of nitrogens with one attached hydrogen (secondary N) is 2. The van der Waals surface area contributed by atoms with Crippen LogP contribution in [-0.4, -0.2) is 38.8 Å². The van der Waals surface area contributed by atoms with E-state index in [2.05, 4.69) is 25.6 Å². The highest BCUT2D eigenvalue weighted by molar-refractivity contribution is 6.30. The molecule has 4 aromatic rings. The van der Waals surface area contributed by atoms with Crippen molar-refractivity contribution in [3.63, 3.8) is 0 Å². The number of aromatic nitrogens is 4. The molecular weight excluding hydrogens is 447 g/mol. The summed E-state index contributed by atoms with van der Waals surface area (Å²) >= 11 is 5.79. The molecule has 0 atom stereocenters. The van der Waals surface area contributed by atoms with Crippen LogP contribution in [0, 0.1) is 5.82 Å². The van der Waals surface area contributed by atoms with Gasteiger partial charge in [-0.1, -0.05) is 23.7 Å². The van der Waals surface area contributed by atoms with Crippen LogP contribution in [0.3, 0.4) is 0 Å². The number of nitrogens with zero attached hydrogens (tertiary/aromatic N) is 4. The number of benzene rings is 2. The van der Waals surface area contributed by atoms with Crippen LogP contribution in [0.2, 0.25) is 5.02 Å². The van der Waals surface area contributed by atoms with E-state index in [1.165, 1.54) is 18.5 Å². The lowest BCUT2D eigenvalue weighted by Crippen LogP contribution is -2.40. The van der Waals surface area contributed by atoms with Gasteiger partial charge in [-0.3, -0.25) is 0 Å². The van der Waals surface area contributed by atoms with Gasteiger partial charge in [0.15, 0.2) is 5.82 Å². The number of anilines is 2. The summed E-state index contributed by atoms with van der Waals surface area (Å²) in [6, 6.07) is 11.4. The lowest BCUT2D eigenvalue weighted by Gasteiger charge is -2.27. The minimum Gasteiger partial charge on any atom is -0.424 e. The molecule has 0 saturated carbocycles. The third kappa shape index (κ3) is 4.69. The molecule has 0 radical (unpaired) electrons. The third-order valence-corrected chi connectivity index (χ3v) is 5.51. The summed E-state index contributed by atoms with van der Waals surface area (Å²) in [4.78, 5) is 12.5. The van der Waals surface area contributed by atoms with Crippen molar-refractivity contribution >= 4 is 34.3 Å². The zero-order valence-corrected chi connectivity index (χ0v) is 18.6. The van der Waals surface area contributed by atoms with Crippen molar-refractivity contribution in [3.8, 4) is 11.8 Å². The quantitative estimate of drug-likeness (QED) is 0.382. The number of ether oxygens (including phenoxy) is 2. The van der Waals surface area contributed by atoms with Crippen LogP contribution in [-0.2, 0) is 17.8 Å².